The summed E-state index contributed by atoms with van der Waals surface area (Å²) in [6.07, 6.45) is 0. The molecule has 0 bridgehead atoms. The largest absolute Gasteiger partial charge is 1.00 e. The fourth-order valence-electron chi connectivity index (χ4n) is 0. The van der Waals surface area contributed by atoms with Crippen LogP contribution in [0.5, 0.6) is 0 Å². The molecule has 0 aromatic rings. The van der Waals surface area contributed by atoms with Crippen molar-refractivity contribution in [1.29, 1.82) is 0 Å². The Morgan fingerprint density at radius 3 is 1.00 bits per heavy atom. The van der Waals surface area contributed by atoms with Gasteiger partial charge in [-0.25, -0.2) is 0 Å². The number of rotatable bonds is 2. The van der Waals surface area contributed by atoms with Crippen LogP contribution in [0.1, 0.15) is 0 Å². The molecule has 0 radical (unpaired) electrons. The Bertz CT molecular complexity index is 49.7. The summed E-state index contributed by atoms with van der Waals surface area (Å²) >= 11 is 0. The van der Waals surface area contributed by atoms with Gasteiger partial charge < -0.3 is 20.3 Å². The first kappa shape index (κ1) is 22.7. The maximum Gasteiger partial charge on any atom is 1.00 e. The van der Waals surface area contributed by atoms with E-state index in [4.69, 9.17) is 20.1 Å². The van der Waals surface area contributed by atoms with E-state index in [2.05, 4.69) is 9.78 Å². The van der Waals surface area contributed by atoms with Gasteiger partial charge >= 0.3 is 103 Å². The van der Waals surface area contributed by atoms with Gasteiger partial charge in [-0.15, -0.1) is 0 Å². The van der Waals surface area contributed by atoms with Crippen molar-refractivity contribution < 1.29 is 133 Å². The van der Waals surface area contributed by atoms with Crippen LogP contribution in [0.25, 0.3) is 0 Å². The van der Waals surface area contributed by atoms with Crippen LogP contribution in [0.2, 0.25) is 0 Å². The average molecular weight is 200 g/mol. The summed E-state index contributed by atoms with van der Waals surface area (Å²) < 4.78 is 0. The molecule has 0 unspecified atom stereocenters. The molecule has 0 aromatic carbocycles. The van der Waals surface area contributed by atoms with Crippen molar-refractivity contribution in [2.45, 2.75) is 0 Å². The molecule has 0 saturated carbocycles. The molecule has 10 heavy (non-hydrogen) atoms. The second-order valence-corrected chi connectivity index (χ2v) is 0.385. The van der Waals surface area contributed by atoms with E-state index in [1.807, 2.05) is 0 Å². The van der Waals surface area contributed by atoms with E-state index in [0.29, 0.717) is 0 Å². The molecular weight excluding hydrogens is 198 g/mol. The number of carbonyl (C=O) groups excluding carboxylic acids is 2. The number of hydrogen-bond donors (Lipinski definition) is 0. The molecule has 0 atom stereocenters. The third kappa shape index (κ3) is 49.5. The zero-order chi connectivity index (χ0) is 6.83. The predicted octanol–water partition coefficient (Wildman–Crippen LogP) is -9.12. The van der Waals surface area contributed by atoms with E-state index in [-0.39, 0.29) is 116 Å². The van der Waals surface area contributed by atoms with Crippen LogP contribution in [0.4, 0.5) is 0 Å². The van der Waals surface area contributed by atoms with E-state index >= 15 is 0 Å². The molecular formula is C2H2K2O6. The number of hydrogen-bond acceptors (Lipinski definition) is 6. The standard InChI is InChI=1S/2CH2O3.2K/c2*2-1-4-3;;/h2*1,3H;;/q;;2*+1/p-2. The summed E-state index contributed by atoms with van der Waals surface area (Å²) in [5.74, 6) is 0. The van der Waals surface area contributed by atoms with Gasteiger partial charge in [-0.2, -0.15) is 0 Å². The van der Waals surface area contributed by atoms with Gasteiger partial charge in [-0.1, -0.05) is 0 Å². The SMILES string of the molecule is O=CO[O-].O=CO[O-].[K+].[K+]. The molecule has 0 aliphatic rings. The van der Waals surface area contributed by atoms with Crippen LogP contribution in [0, 0.1) is 0 Å². The van der Waals surface area contributed by atoms with Gasteiger partial charge in [0, 0.05) is 0 Å². The Morgan fingerprint density at radius 2 is 1.00 bits per heavy atom. The Balaban J connectivity index is -0.0000000300. The summed E-state index contributed by atoms with van der Waals surface area (Å²) in [5, 5.41) is 16.9. The second-order valence-electron chi connectivity index (χ2n) is 0.385. The topological polar surface area (TPSA) is 98.7 Å². The summed E-state index contributed by atoms with van der Waals surface area (Å²) in [4.78, 5) is 22.5. The molecule has 0 amide bonds. The van der Waals surface area contributed by atoms with Crippen molar-refractivity contribution in [2.24, 2.45) is 0 Å². The first-order valence-electron chi connectivity index (χ1n) is 1.28. The van der Waals surface area contributed by atoms with Gasteiger partial charge in [0.1, 0.15) is 0 Å². The van der Waals surface area contributed by atoms with Gasteiger partial charge in [0.25, 0.3) is 12.9 Å². The Morgan fingerprint density at radius 1 is 0.900 bits per heavy atom. The fraction of sp³-hybridized carbons (Fsp3) is 0. The molecule has 0 fully saturated rings. The van der Waals surface area contributed by atoms with Crippen LogP contribution in [-0.2, 0) is 19.4 Å². The molecule has 0 spiro atoms. The van der Waals surface area contributed by atoms with E-state index in [0.717, 1.165) is 0 Å². The molecule has 6 nitrogen and oxygen atoms in total. The minimum Gasteiger partial charge on any atom is -0.662 e. The molecule has 0 aliphatic carbocycles. The summed E-state index contributed by atoms with van der Waals surface area (Å²) in [5.41, 5.74) is 0. The molecule has 0 heterocycles. The smallest absolute Gasteiger partial charge is 0.662 e. The third-order valence-electron chi connectivity index (χ3n) is 0.0786. The van der Waals surface area contributed by atoms with Crippen LogP contribution in [0.3, 0.4) is 0 Å². The Hall–Kier alpha value is 2.13. The molecule has 48 valence electrons. The molecule has 0 aliphatic heterocycles. The summed E-state index contributed by atoms with van der Waals surface area (Å²) in [6, 6.07) is 0. The predicted molar refractivity (Wildman–Crippen MR) is 14.3 cm³/mol. The Kier molecular flexibility index (Phi) is 69.1. The normalized spacial score (nSPS) is 4.20. The van der Waals surface area contributed by atoms with Gasteiger partial charge in [-0.05, 0) is 0 Å². The monoisotopic (exact) mass is 200 g/mol. The Labute approximate surface area is 142 Å². The van der Waals surface area contributed by atoms with Crippen molar-refractivity contribution in [3.63, 3.8) is 0 Å². The van der Waals surface area contributed by atoms with E-state index in [1.54, 1.807) is 0 Å². The summed E-state index contributed by atoms with van der Waals surface area (Å²) in [7, 11) is 0. The van der Waals surface area contributed by atoms with Crippen LogP contribution in [-0.4, -0.2) is 12.9 Å². The maximum absolute atomic E-state index is 8.64. The van der Waals surface area contributed by atoms with Crippen molar-refractivity contribution in [2.75, 3.05) is 0 Å². The van der Waals surface area contributed by atoms with Gasteiger partial charge in [0.2, 0.25) is 0 Å². The molecule has 8 heteroatoms. The molecule has 0 aromatic heterocycles. The molecule has 0 rings (SSSR count). The molecule has 0 saturated heterocycles. The van der Waals surface area contributed by atoms with E-state index in [1.165, 1.54) is 0 Å². The molecule has 0 N–H and O–H groups in total. The first-order valence-corrected chi connectivity index (χ1v) is 1.28. The minimum atomic E-state index is -0.181. The van der Waals surface area contributed by atoms with Gasteiger partial charge in [0.05, 0.1) is 0 Å². The third-order valence-corrected chi connectivity index (χ3v) is 0.0786. The zero-order valence-corrected chi connectivity index (χ0v) is 11.9. The quantitative estimate of drug-likeness (QED) is 0.190. The minimum absolute atomic E-state index is 0. The first-order chi connectivity index (χ1) is 3.83. The average Bonchev–Trinajstić information content (AvgIpc) is 1.88. The van der Waals surface area contributed by atoms with Crippen LogP contribution >= 0.6 is 0 Å². The van der Waals surface area contributed by atoms with Crippen molar-refractivity contribution in [3.05, 3.63) is 0 Å². The van der Waals surface area contributed by atoms with Crippen LogP contribution in [0.15, 0.2) is 0 Å². The van der Waals surface area contributed by atoms with Gasteiger partial charge in [0.15, 0.2) is 0 Å². The fourth-order valence-corrected chi connectivity index (χ4v) is 0. The van der Waals surface area contributed by atoms with E-state index < -0.39 is 0 Å². The van der Waals surface area contributed by atoms with Crippen LogP contribution < -0.4 is 113 Å². The van der Waals surface area contributed by atoms with Crippen molar-refractivity contribution >= 4 is 12.9 Å². The van der Waals surface area contributed by atoms with Crippen molar-refractivity contribution in [3.8, 4) is 0 Å². The summed E-state index contributed by atoms with van der Waals surface area (Å²) in [6.45, 7) is -0.361. The van der Waals surface area contributed by atoms with Gasteiger partial charge in [-0.3, -0.25) is 9.59 Å². The maximum atomic E-state index is 8.64. The second kappa shape index (κ2) is 30.4. The number of carbonyl (C=O) groups is 2. The zero-order valence-electron chi connectivity index (χ0n) is 5.60. The van der Waals surface area contributed by atoms with Crippen molar-refractivity contribution in [1.82, 2.24) is 0 Å². The van der Waals surface area contributed by atoms with E-state index in [9.17, 15) is 0 Å².